The number of fused-ring (bicyclic) bond motifs is 1. The number of hydrogen-bond donors (Lipinski definition) is 1. The van der Waals surface area contributed by atoms with E-state index in [-0.39, 0.29) is 11.8 Å². The van der Waals surface area contributed by atoms with Crippen LogP contribution in [0.1, 0.15) is 47.3 Å². The van der Waals surface area contributed by atoms with E-state index in [0.29, 0.717) is 47.7 Å². The van der Waals surface area contributed by atoms with Crippen LogP contribution in [-0.4, -0.2) is 75.6 Å². The highest BCUT2D eigenvalue weighted by Crippen LogP contribution is 2.27. The molecule has 1 fully saturated rings. The van der Waals surface area contributed by atoms with Gasteiger partial charge in [-0.2, -0.15) is 5.10 Å². The average Bonchev–Trinajstić information content (AvgIpc) is 3.51. The average molecular weight is 511 g/mol. The number of likely N-dealkylation sites (tertiary alicyclic amines) is 1. The molecule has 2 amide bonds. The number of aryl methyl sites for hydroxylation is 3. The summed E-state index contributed by atoms with van der Waals surface area (Å²) in [7, 11) is 1.80. The minimum atomic E-state index is -0.255. The van der Waals surface area contributed by atoms with Crippen molar-refractivity contribution in [1.82, 2.24) is 29.9 Å². The van der Waals surface area contributed by atoms with E-state index in [1.807, 2.05) is 17.9 Å². The Bertz CT molecular complexity index is 1190. The lowest BCUT2D eigenvalue weighted by Gasteiger charge is -2.24. The first-order chi connectivity index (χ1) is 17.4. The van der Waals surface area contributed by atoms with Crippen LogP contribution in [-0.2, 0) is 18.3 Å². The van der Waals surface area contributed by atoms with Crippen molar-refractivity contribution in [3.05, 3.63) is 58.4 Å². The molecule has 8 nitrogen and oxygen atoms in total. The van der Waals surface area contributed by atoms with Crippen molar-refractivity contribution in [2.45, 2.75) is 39.0 Å². The number of benzene rings is 1. The van der Waals surface area contributed by atoms with Crippen LogP contribution in [0, 0.1) is 6.92 Å². The first kappa shape index (κ1) is 26.1. The maximum absolute atomic E-state index is 12.9. The number of nitrogens with one attached hydrogen (secondary N) is 1. The van der Waals surface area contributed by atoms with E-state index in [1.165, 1.54) is 11.8 Å². The zero-order chi connectivity index (χ0) is 25.5. The van der Waals surface area contributed by atoms with Gasteiger partial charge in [-0.05, 0) is 44.7 Å². The van der Waals surface area contributed by atoms with Crippen LogP contribution in [0.15, 0.2) is 36.5 Å². The highest BCUT2D eigenvalue weighted by atomic mass is 35.5. The summed E-state index contributed by atoms with van der Waals surface area (Å²) in [5.74, 6) is -0.0300. The number of carbonyl (C=O) groups is 2. The maximum atomic E-state index is 12.9. The summed E-state index contributed by atoms with van der Waals surface area (Å²) in [6, 6.07) is 10.4. The van der Waals surface area contributed by atoms with E-state index in [2.05, 4.69) is 44.6 Å². The summed E-state index contributed by atoms with van der Waals surface area (Å²) in [5.41, 5.74) is 3.05. The third kappa shape index (κ3) is 6.42. The zero-order valence-corrected chi connectivity index (χ0v) is 21.9. The lowest BCUT2D eigenvalue weighted by molar-refractivity contribution is -0.130. The molecular formula is C27H35ClN6O2. The molecule has 3 aromatic rings. The molecule has 3 heterocycles. The number of rotatable bonds is 11. The van der Waals surface area contributed by atoms with E-state index in [9.17, 15) is 9.59 Å². The van der Waals surface area contributed by atoms with Gasteiger partial charge in [-0.25, -0.2) is 4.98 Å². The summed E-state index contributed by atoms with van der Waals surface area (Å²) < 4.78 is 1.66. The minimum absolute atomic E-state index is 0.225. The van der Waals surface area contributed by atoms with Gasteiger partial charge in [0.25, 0.3) is 5.91 Å². The van der Waals surface area contributed by atoms with Crippen LogP contribution in [0.4, 0.5) is 0 Å². The third-order valence-corrected chi connectivity index (χ3v) is 7.20. The van der Waals surface area contributed by atoms with Crippen molar-refractivity contribution in [3.8, 4) is 0 Å². The fraction of sp³-hybridized carbons (Fsp3) is 0.481. The zero-order valence-electron chi connectivity index (χ0n) is 21.2. The molecule has 4 rings (SSSR count). The van der Waals surface area contributed by atoms with Gasteiger partial charge in [0.05, 0.1) is 21.7 Å². The summed E-state index contributed by atoms with van der Waals surface area (Å²) >= 11 is 6.56. The Hall–Kier alpha value is -2.97. The van der Waals surface area contributed by atoms with Gasteiger partial charge in [-0.1, -0.05) is 41.9 Å². The summed E-state index contributed by atoms with van der Waals surface area (Å²) in [5, 5.41) is 8.41. The first-order valence-corrected chi connectivity index (χ1v) is 13.1. The van der Waals surface area contributed by atoms with Gasteiger partial charge in [0.15, 0.2) is 5.65 Å². The van der Waals surface area contributed by atoms with Crippen LogP contribution < -0.4 is 5.32 Å². The first-order valence-electron chi connectivity index (χ1n) is 12.7. The van der Waals surface area contributed by atoms with E-state index < -0.39 is 0 Å². The number of amides is 2. The van der Waals surface area contributed by atoms with Crippen LogP contribution in [0.3, 0.4) is 0 Å². The molecule has 0 bridgehead atoms. The maximum Gasteiger partial charge on any atom is 0.254 e. The molecule has 192 valence electrons. The molecule has 0 radical (unpaired) electrons. The molecule has 2 aromatic heterocycles. The molecular weight excluding hydrogens is 476 g/mol. The quantitative estimate of drug-likeness (QED) is 0.426. The number of aromatic nitrogens is 3. The molecule has 0 saturated carbocycles. The van der Waals surface area contributed by atoms with Crippen LogP contribution >= 0.6 is 11.6 Å². The Balaban J connectivity index is 1.33. The van der Waals surface area contributed by atoms with Gasteiger partial charge in [0.2, 0.25) is 5.91 Å². The number of hydrogen-bond acceptors (Lipinski definition) is 5. The minimum Gasteiger partial charge on any atom is -0.351 e. The highest BCUT2D eigenvalue weighted by molar-refractivity contribution is 6.38. The third-order valence-electron chi connectivity index (χ3n) is 6.81. The number of carbonyl (C=O) groups excluding carboxylic acids is 2. The molecule has 1 N–H and O–H groups in total. The number of halogens is 1. The van der Waals surface area contributed by atoms with Crippen molar-refractivity contribution >= 4 is 34.4 Å². The number of pyridine rings is 1. The Morgan fingerprint density at radius 3 is 2.61 bits per heavy atom. The van der Waals surface area contributed by atoms with E-state index in [4.69, 9.17) is 11.6 Å². The second kappa shape index (κ2) is 12.3. The smallest absolute Gasteiger partial charge is 0.254 e. The molecule has 1 aromatic carbocycles. The topological polar surface area (TPSA) is 83.4 Å². The van der Waals surface area contributed by atoms with Gasteiger partial charge >= 0.3 is 0 Å². The second-order valence-electron chi connectivity index (χ2n) is 9.42. The van der Waals surface area contributed by atoms with Crippen molar-refractivity contribution < 1.29 is 9.59 Å². The van der Waals surface area contributed by atoms with E-state index in [1.54, 1.807) is 11.7 Å². The molecule has 0 unspecified atom stereocenters. The Morgan fingerprint density at radius 1 is 1.11 bits per heavy atom. The summed E-state index contributed by atoms with van der Waals surface area (Å²) in [6.07, 6.45) is 6.18. The number of nitrogens with zero attached hydrogens (tertiary/aromatic N) is 5. The van der Waals surface area contributed by atoms with Gasteiger partial charge in [-0.15, -0.1) is 0 Å². The Labute approximate surface area is 217 Å². The summed E-state index contributed by atoms with van der Waals surface area (Å²) in [6.45, 7) is 6.27. The standard InChI is InChI=1S/C27H35ClN6O2/c1-20-24-25(28)22(19-30-26(24)32(2)31-20)27(36)29-13-18-33(14-8-11-21-9-4-3-5-10-21)17-12-23(35)34-15-6-7-16-34/h3-5,9-10,19H,6-8,11-18H2,1-2H3,(H,29,36). The SMILES string of the molecule is Cc1nn(C)c2ncc(C(=O)NCCN(CCCc3ccccc3)CCC(=O)N3CCCC3)c(Cl)c12. The monoisotopic (exact) mass is 510 g/mol. The lowest BCUT2D eigenvalue weighted by Crippen LogP contribution is -2.38. The fourth-order valence-corrected chi connectivity index (χ4v) is 5.17. The molecule has 1 aliphatic rings. The van der Waals surface area contributed by atoms with Gasteiger partial charge < -0.3 is 15.1 Å². The highest BCUT2D eigenvalue weighted by Gasteiger charge is 2.20. The molecule has 1 saturated heterocycles. The molecule has 9 heteroatoms. The largest absolute Gasteiger partial charge is 0.351 e. The van der Waals surface area contributed by atoms with Crippen LogP contribution in [0.2, 0.25) is 5.02 Å². The van der Waals surface area contributed by atoms with E-state index >= 15 is 0 Å². The van der Waals surface area contributed by atoms with Crippen LogP contribution in [0.5, 0.6) is 0 Å². The Morgan fingerprint density at radius 2 is 1.86 bits per heavy atom. The lowest BCUT2D eigenvalue weighted by atomic mass is 10.1. The predicted molar refractivity (Wildman–Crippen MR) is 142 cm³/mol. The van der Waals surface area contributed by atoms with Crippen molar-refractivity contribution in [1.29, 1.82) is 0 Å². The van der Waals surface area contributed by atoms with Gasteiger partial charge in [-0.3, -0.25) is 14.3 Å². The van der Waals surface area contributed by atoms with Gasteiger partial charge in [0, 0.05) is 52.4 Å². The molecule has 36 heavy (non-hydrogen) atoms. The normalized spacial score (nSPS) is 13.6. The fourth-order valence-electron chi connectivity index (χ4n) is 4.81. The molecule has 1 aliphatic heterocycles. The summed E-state index contributed by atoms with van der Waals surface area (Å²) in [4.78, 5) is 34.1. The van der Waals surface area contributed by atoms with Crippen LogP contribution in [0.25, 0.3) is 11.0 Å². The molecule has 0 atom stereocenters. The second-order valence-corrected chi connectivity index (χ2v) is 9.80. The van der Waals surface area contributed by atoms with Gasteiger partial charge in [0.1, 0.15) is 0 Å². The molecule has 0 aliphatic carbocycles. The molecule has 0 spiro atoms. The predicted octanol–water partition coefficient (Wildman–Crippen LogP) is 3.61. The Kier molecular flexibility index (Phi) is 8.93. The van der Waals surface area contributed by atoms with Crippen molar-refractivity contribution in [2.75, 3.05) is 39.3 Å². The van der Waals surface area contributed by atoms with Crippen molar-refractivity contribution in [3.63, 3.8) is 0 Å². The van der Waals surface area contributed by atoms with Crippen molar-refractivity contribution in [2.24, 2.45) is 7.05 Å². The van der Waals surface area contributed by atoms with E-state index in [0.717, 1.165) is 51.0 Å².